The molecule has 1 N–H and O–H groups in total. The van der Waals surface area contributed by atoms with Crippen LogP contribution in [0.15, 0.2) is 40.3 Å². The molecule has 0 bridgehead atoms. The molecule has 0 aliphatic carbocycles. The van der Waals surface area contributed by atoms with Crippen molar-refractivity contribution >= 4 is 12.1 Å². The Morgan fingerprint density at radius 2 is 2.56 bits per heavy atom. The number of hydrazone groups is 1. The number of hydrogen-bond acceptors (Lipinski definition) is 4. The largest absolute Gasteiger partial charge is 0.459 e. The number of carbonyl (C=O) groups is 1. The second-order valence-corrected chi connectivity index (χ2v) is 3.07. The summed E-state index contributed by atoms with van der Waals surface area (Å²) in [6.07, 6.45) is 6.32. The number of furan rings is 1. The SMILES string of the molecule is Cn1ccnc1C=NNC(=O)c1ccco1. The van der Waals surface area contributed by atoms with Gasteiger partial charge in [0, 0.05) is 19.4 Å². The number of aromatic nitrogens is 2. The first-order valence-corrected chi connectivity index (χ1v) is 4.61. The first-order valence-electron chi connectivity index (χ1n) is 4.61. The summed E-state index contributed by atoms with van der Waals surface area (Å²) in [6.45, 7) is 0. The first-order chi connectivity index (χ1) is 7.77. The molecule has 2 aromatic heterocycles. The van der Waals surface area contributed by atoms with Crippen LogP contribution < -0.4 is 5.43 Å². The van der Waals surface area contributed by atoms with E-state index in [1.54, 1.807) is 29.1 Å². The lowest BCUT2D eigenvalue weighted by atomic mass is 10.4. The molecular weight excluding hydrogens is 208 g/mol. The van der Waals surface area contributed by atoms with Crippen molar-refractivity contribution in [1.29, 1.82) is 0 Å². The topological polar surface area (TPSA) is 72.4 Å². The van der Waals surface area contributed by atoms with Crippen LogP contribution in [0.5, 0.6) is 0 Å². The highest BCUT2D eigenvalue weighted by atomic mass is 16.3. The minimum Gasteiger partial charge on any atom is -0.459 e. The molecule has 0 radical (unpaired) electrons. The van der Waals surface area contributed by atoms with Gasteiger partial charge in [-0.05, 0) is 12.1 Å². The average molecular weight is 218 g/mol. The van der Waals surface area contributed by atoms with Crippen molar-refractivity contribution in [2.24, 2.45) is 12.1 Å². The van der Waals surface area contributed by atoms with Crippen LogP contribution in [-0.4, -0.2) is 21.7 Å². The summed E-state index contributed by atoms with van der Waals surface area (Å²) >= 11 is 0. The Labute approximate surface area is 91.6 Å². The molecule has 6 nitrogen and oxygen atoms in total. The van der Waals surface area contributed by atoms with Gasteiger partial charge in [0.15, 0.2) is 11.6 Å². The van der Waals surface area contributed by atoms with Gasteiger partial charge in [-0.3, -0.25) is 4.79 Å². The van der Waals surface area contributed by atoms with Crippen LogP contribution >= 0.6 is 0 Å². The number of imidazole rings is 1. The fourth-order valence-corrected chi connectivity index (χ4v) is 1.11. The van der Waals surface area contributed by atoms with Gasteiger partial charge in [-0.2, -0.15) is 5.10 Å². The summed E-state index contributed by atoms with van der Waals surface area (Å²) in [7, 11) is 1.84. The molecule has 2 rings (SSSR count). The number of aryl methyl sites for hydroxylation is 1. The molecule has 0 atom stereocenters. The van der Waals surface area contributed by atoms with E-state index in [0.717, 1.165) is 0 Å². The van der Waals surface area contributed by atoms with E-state index < -0.39 is 5.91 Å². The van der Waals surface area contributed by atoms with Crippen LogP contribution in [0.1, 0.15) is 16.4 Å². The average Bonchev–Trinajstić information content (AvgIpc) is 2.90. The Morgan fingerprint density at radius 1 is 1.69 bits per heavy atom. The van der Waals surface area contributed by atoms with Gasteiger partial charge in [0.2, 0.25) is 0 Å². The Bertz CT molecular complexity index is 499. The molecule has 0 spiro atoms. The molecule has 0 saturated carbocycles. The highest BCUT2D eigenvalue weighted by molar-refractivity contribution is 5.91. The minimum absolute atomic E-state index is 0.219. The zero-order valence-electron chi connectivity index (χ0n) is 8.62. The van der Waals surface area contributed by atoms with E-state index in [-0.39, 0.29) is 5.76 Å². The summed E-state index contributed by atoms with van der Waals surface area (Å²) in [6, 6.07) is 3.20. The van der Waals surface area contributed by atoms with Crippen molar-refractivity contribution in [3.05, 3.63) is 42.4 Å². The molecule has 16 heavy (non-hydrogen) atoms. The van der Waals surface area contributed by atoms with E-state index in [9.17, 15) is 4.79 Å². The van der Waals surface area contributed by atoms with Crippen LogP contribution in [0.2, 0.25) is 0 Å². The van der Waals surface area contributed by atoms with E-state index in [2.05, 4.69) is 15.5 Å². The van der Waals surface area contributed by atoms with E-state index >= 15 is 0 Å². The number of nitrogens with zero attached hydrogens (tertiary/aromatic N) is 3. The molecule has 2 aromatic rings. The van der Waals surface area contributed by atoms with Gasteiger partial charge in [-0.15, -0.1) is 0 Å². The fourth-order valence-electron chi connectivity index (χ4n) is 1.11. The molecule has 0 unspecified atom stereocenters. The smallest absolute Gasteiger partial charge is 0.307 e. The van der Waals surface area contributed by atoms with Gasteiger partial charge in [0.1, 0.15) is 0 Å². The van der Waals surface area contributed by atoms with Crippen molar-refractivity contribution in [2.75, 3.05) is 0 Å². The molecule has 0 aliphatic heterocycles. The zero-order chi connectivity index (χ0) is 11.4. The van der Waals surface area contributed by atoms with Gasteiger partial charge in [-0.25, -0.2) is 10.4 Å². The van der Waals surface area contributed by atoms with Gasteiger partial charge >= 0.3 is 5.91 Å². The molecule has 0 aromatic carbocycles. The van der Waals surface area contributed by atoms with E-state index in [0.29, 0.717) is 5.82 Å². The number of hydrogen-bond donors (Lipinski definition) is 1. The summed E-state index contributed by atoms with van der Waals surface area (Å²) in [5.74, 6) is 0.479. The second kappa shape index (κ2) is 4.43. The lowest BCUT2D eigenvalue weighted by Gasteiger charge is -1.95. The minimum atomic E-state index is -0.393. The molecule has 0 aliphatic rings. The van der Waals surface area contributed by atoms with Gasteiger partial charge in [0.25, 0.3) is 0 Å². The molecule has 6 heteroatoms. The highest BCUT2D eigenvalue weighted by Crippen LogP contribution is 1.98. The Kier molecular flexibility index (Phi) is 2.81. The molecular formula is C10H10N4O2. The van der Waals surface area contributed by atoms with Gasteiger partial charge < -0.3 is 8.98 Å². The summed E-state index contributed by atoms with van der Waals surface area (Å²) in [5, 5.41) is 3.76. The second-order valence-electron chi connectivity index (χ2n) is 3.07. The quantitative estimate of drug-likeness (QED) is 0.611. The molecule has 1 amide bonds. The van der Waals surface area contributed by atoms with Crippen LogP contribution in [0, 0.1) is 0 Å². The molecule has 82 valence electrons. The monoisotopic (exact) mass is 218 g/mol. The predicted octanol–water partition coefficient (Wildman–Crippen LogP) is 0.777. The Balaban J connectivity index is 1.96. The maximum absolute atomic E-state index is 11.4. The fraction of sp³-hybridized carbons (Fsp3) is 0.100. The number of rotatable bonds is 3. The Hall–Kier alpha value is -2.37. The molecule has 2 heterocycles. The van der Waals surface area contributed by atoms with Crippen LogP contribution in [0.3, 0.4) is 0 Å². The zero-order valence-corrected chi connectivity index (χ0v) is 8.62. The van der Waals surface area contributed by atoms with Crippen molar-refractivity contribution in [2.45, 2.75) is 0 Å². The summed E-state index contributed by atoms with van der Waals surface area (Å²) in [5.41, 5.74) is 2.33. The third-order valence-electron chi connectivity index (χ3n) is 1.95. The third kappa shape index (κ3) is 2.17. The van der Waals surface area contributed by atoms with E-state index in [1.807, 2.05) is 7.05 Å². The molecule has 0 saturated heterocycles. The maximum atomic E-state index is 11.4. The van der Waals surface area contributed by atoms with Crippen LogP contribution in [-0.2, 0) is 7.05 Å². The molecule has 0 fully saturated rings. The van der Waals surface area contributed by atoms with Crippen LogP contribution in [0.4, 0.5) is 0 Å². The number of amides is 1. The van der Waals surface area contributed by atoms with Crippen molar-refractivity contribution in [3.8, 4) is 0 Å². The lowest BCUT2D eigenvalue weighted by molar-refractivity contribution is 0.0927. The number of carbonyl (C=O) groups excluding carboxylic acids is 1. The van der Waals surface area contributed by atoms with Crippen LogP contribution in [0.25, 0.3) is 0 Å². The Morgan fingerprint density at radius 3 is 3.19 bits per heavy atom. The summed E-state index contributed by atoms with van der Waals surface area (Å²) in [4.78, 5) is 15.4. The number of nitrogens with one attached hydrogen (secondary N) is 1. The summed E-state index contributed by atoms with van der Waals surface area (Å²) < 4.78 is 6.68. The van der Waals surface area contributed by atoms with Gasteiger partial charge in [0.05, 0.1) is 12.5 Å². The lowest BCUT2D eigenvalue weighted by Crippen LogP contribution is -2.17. The van der Waals surface area contributed by atoms with Crippen molar-refractivity contribution < 1.29 is 9.21 Å². The van der Waals surface area contributed by atoms with E-state index in [4.69, 9.17) is 4.42 Å². The van der Waals surface area contributed by atoms with Crippen molar-refractivity contribution in [3.63, 3.8) is 0 Å². The highest BCUT2D eigenvalue weighted by Gasteiger charge is 2.05. The standard InChI is InChI=1S/C10H10N4O2/c1-14-5-4-11-9(14)7-12-13-10(15)8-3-2-6-16-8/h2-7H,1H3,(H,13,15). The normalized spacial score (nSPS) is 10.8. The predicted molar refractivity (Wildman–Crippen MR) is 57.0 cm³/mol. The first kappa shape index (κ1) is 10.2. The maximum Gasteiger partial charge on any atom is 0.307 e. The van der Waals surface area contributed by atoms with E-state index in [1.165, 1.54) is 12.5 Å². The van der Waals surface area contributed by atoms with Gasteiger partial charge in [-0.1, -0.05) is 0 Å². The van der Waals surface area contributed by atoms with Crippen molar-refractivity contribution in [1.82, 2.24) is 15.0 Å². The third-order valence-corrected chi connectivity index (χ3v) is 1.95.